The molecule has 0 aliphatic rings. The fourth-order valence-corrected chi connectivity index (χ4v) is 3.18. The number of allylic oxidation sites excluding steroid dienone is 1. The van der Waals surface area contributed by atoms with E-state index in [9.17, 15) is 4.79 Å². The molecule has 0 spiro atoms. The molecule has 23 heavy (non-hydrogen) atoms. The van der Waals surface area contributed by atoms with E-state index in [1.54, 1.807) is 11.8 Å². The van der Waals surface area contributed by atoms with Crippen LogP contribution in [0.1, 0.15) is 41.2 Å². The average Bonchev–Trinajstić information content (AvgIpc) is 2.84. The zero-order valence-corrected chi connectivity index (χ0v) is 14.8. The highest BCUT2D eigenvalue weighted by Crippen LogP contribution is 2.23. The first kappa shape index (κ1) is 17.3. The van der Waals surface area contributed by atoms with Crippen LogP contribution in [-0.2, 0) is 6.54 Å². The lowest BCUT2D eigenvalue weighted by Gasteiger charge is -2.09. The Balaban J connectivity index is 2.06. The number of hydrogen-bond acceptors (Lipinski definition) is 4. The van der Waals surface area contributed by atoms with Gasteiger partial charge in [-0.05, 0) is 39.8 Å². The third kappa shape index (κ3) is 4.73. The van der Waals surface area contributed by atoms with Crippen molar-refractivity contribution >= 4 is 17.7 Å². The summed E-state index contributed by atoms with van der Waals surface area (Å²) in [7, 11) is 0. The molecule has 0 bridgehead atoms. The molecule has 0 saturated carbocycles. The van der Waals surface area contributed by atoms with Crippen molar-refractivity contribution in [1.29, 1.82) is 0 Å². The van der Waals surface area contributed by atoms with Gasteiger partial charge >= 0.3 is 0 Å². The maximum absolute atomic E-state index is 12.5. The van der Waals surface area contributed by atoms with Crippen molar-refractivity contribution in [1.82, 2.24) is 10.5 Å². The van der Waals surface area contributed by atoms with E-state index >= 15 is 0 Å². The highest BCUT2D eigenvalue weighted by atomic mass is 32.2. The molecule has 1 N–H and O–H groups in total. The third-order valence-electron chi connectivity index (χ3n) is 3.47. The second-order valence-electron chi connectivity index (χ2n) is 5.57. The molecule has 0 fully saturated rings. The van der Waals surface area contributed by atoms with Crippen LogP contribution in [0.25, 0.3) is 0 Å². The standard InChI is InChI=1S/C18H22N2O2S/c1-12(2)9-10-23-17-8-6-5-7-15(17)18(21)19-11-16-13(3)20-22-14(16)4/h5-9H,10-11H2,1-4H3,(H,19,21). The number of thioether (sulfide) groups is 1. The van der Waals surface area contributed by atoms with E-state index in [-0.39, 0.29) is 5.91 Å². The van der Waals surface area contributed by atoms with Crippen molar-refractivity contribution in [2.24, 2.45) is 0 Å². The lowest BCUT2D eigenvalue weighted by molar-refractivity contribution is 0.0948. The Kier molecular flexibility index (Phi) is 6.04. The predicted molar refractivity (Wildman–Crippen MR) is 93.7 cm³/mol. The molecule has 5 heteroatoms. The third-order valence-corrected chi connectivity index (χ3v) is 4.47. The molecule has 0 aliphatic heterocycles. The van der Waals surface area contributed by atoms with Gasteiger partial charge in [0.25, 0.3) is 5.91 Å². The zero-order chi connectivity index (χ0) is 16.8. The quantitative estimate of drug-likeness (QED) is 0.634. The summed E-state index contributed by atoms with van der Waals surface area (Å²) in [5, 5.41) is 6.86. The van der Waals surface area contributed by atoms with Crippen LogP contribution >= 0.6 is 11.8 Å². The monoisotopic (exact) mass is 330 g/mol. The van der Waals surface area contributed by atoms with Gasteiger partial charge in [-0.1, -0.05) is 28.9 Å². The number of rotatable bonds is 6. The van der Waals surface area contributed by atoms with Gasteiger partial charge in [0.2, 0.25) is 0 Å². The molecule has 1 aromatic heterocycles. The van der Waals surface area contributed by atoms with E-state index in [1.807, 2.05) is 38.1 Å². The molecule has 0 atom stereocenters. The lowest BCUT2D eigenvalue weighted by atomic mass is 10.2. The van der Waals surface area contributed by atoms with Crippen LogP contribution in [0.15, 0.2) is 45.3 Å². The van der Waals surface area contributed by atoms with E-state index in [2.05, 4.69) is 30.4 Å². The second kappa shape index (κ2) is 8.02. The molecule has 0 aliphatic carbocycles. The summed E-state index contributed by atoms with van der Waals surface area (Å²) in [5.41, 5.74) is 3.73. The molecule has 0 saturated heterocycles. The van der Waals surface area contributed by atoms with Gasteiger partial charge in [-0.3, -0.25) is 4.79 Å². The predicted octanol–water partition coefficient (Wildman–Crippen LogP) is 4.28. The highest BCUT2D eigenvalue weighted by Gasteiger charge is 2.14. The molecule has 122 valence electrons. The molecule has 0 radical (unpaired) electrons. The van der Waals surface area contributed by atoms with Crippen molar-refractivity contribution in [2.45, 2.75) is 39.1 Å². The lowest BCUT2D eigenvalue weighted by Crippen LogP contribution is -2.23. The molecule has 1 amide bonds. The van der Waals surface area contributed by atoms with Crippen LogP contribution < -0.4 is 5.32 Å². The van der Waals surface area contributed by atoms with E-state index in [0.29, 0.717) is 12.1 Å². The van der Waals surface area contributed by atoms with Gasteiger partial charge in [0.05, 0.1) is 11.3 Å². The van der Waals surface area contributed by atoms with E-state index in [1.165, 1.54) is 5.57 Å². The Labute approximate surface area is 141 Å². The number of aryl methyl sites for hydroxylation is 2. The summed E-state index contributed by atoms with van der Waals surface area (Å²) in [6.45, 7) is 8.30. The Bertz CT molecular complexity index is 696. The van der Waals surface area contributed by atoms with Crippen molar-refractivity contribution in [2.75, 3.05) is 5.75 Å². The van der Waals surface area contributed by atoms with Crippen LogP contribution in [0.5, 0.6) is 0 Å². The molecule has 2 rings (SSSR count). The topological polar surface area (TPSA) is 55.1 Å². The fourth-order valence-electron chi connectivity index (χ4n) is 2.10. The molecular formula is C18H22N2O2S. The van der Waals surface area contributed by atoms with Crippen LogP contribution in [0.4, 0.5) is 0 Å². The Morgan fingerprint density at radius 2 is 2.04 bits per heavy atom. The first-order chi connectivity index (χ1) is 11.0. The summed E-state index contributed by atoms with van der Waals surface area (Å²) >= 11 is 1.67. The molecule has 2 aromatic rings. The van der Waals surface area contributed by atoms with Gasteiger partial charge in [-0.15, -0.1) is 11.8 Å². The molecule has 4 nitrogen and oxygen atoms in total. The van der Waals surface area contributed by atoms with Crippen LogP contribution in [-0.4, -0.2) is 16.8 Å². The normalized spacial score (nSPS) is 10.4. The SMILES string of the molecule is CC(C)=CCSc1ccccc1C(=O)NCc1c(C)noc1C. The minimum absolute atomic E-state index is 0.0784. The number of amides is 1. The average molecular weight is 330 g/mol. The fraction of sp³-hybridized carbons (Fsp3) is 0.333. The zero-order valence-electron chi connectivity index (χ0n) is 14.0. The highest BCUT2D eigenvalue weighted by molar-refractivity contribution is 7.99. The van der Waals surface area contributed by atoms with Crippen molar-refractivity contribution in [3.63, 3.8) is 0 Å². The summed E-state index contributed by atoms with van der Waals surface area (Å²) in [6.07, 6.45) is 2.16. The maximum atomic E-state index is 12.5. The van der Waals surface area contributed by atoms with Crippen LogP contribution in [0.2, 0.25) is 0 Å². The molecule has 1 heterocycles. The van der Waals surface area contributed by atoms with Gasteiger partial charge in [0.15, 0.2) is 0 Å². The number of carbonyl (C=O) groups is 1. The maximum Gasteiger partial charge on any atom is 0.252 e. The number of nitrogens with one attached hydrogen (secondary N) is 1. The molecule has 1 aromatic carbocycles. The molecular weight excluding hydrogens is 308 g/mol. The molecule has 0 unspecified atom stereocenters. The Morgan fingerprint density at radius 3 is 2.70 bits per heavy atom. The van der Waals surface area contributed by atoms with Crippen molar-refractivity contribution < 1.29 is 9.32 Å². The Morgan fingerprint density at radius 1 is 1.30 bits per heavy atom. The van der Waals surface area contributed by atoms with E-state index < -0.39 is 0 Å². The van der Waals surface area contributed by atoms with E-state index in [0.717, 1.165) is 27.7 Å². The van der Waals surface area contributed by atoms with Gasteiger partial charge in [0.1, 0.15) is 5.76 Å². The van der Waals surface area contributed by atoms with Gasteiger partial charge < -0.3 is 9.84 Å². The minimum atomic E-state index is -0.0784. The number of hydrogen-bond donors (Lipinski definition) is 1. The summed E-state index contributed by atoms with van der Waals surface area (Å²) in [5.74, 6) is 1.52. The summed E-state index contributed by atoms with van der Waals surface area (Å²) < 4.78 is 5.12. The van der Waals surface area contributed by atoms with E-state index in [4.69, 9.17) is 4.52 Å². The van der Waals surface area contributed by atoms with Gasteiger partial charge in [-0.25, -0.2) is 0 Å². The van der Waals surface area contributed by atoms with Crippen molar-refractivity contribution in [3.05, 3.63) is 58.5 Å². The Hall–Kier alpha value is -2.01. The number of aromatic nitrogens is 1. The number of benzene rings is 1. The smallest absolute Gasteiger partial charge is 0.252 e. The first-order valence-electron chi connectivity index (χ1n) is 7.54. The summed E-state index contributed by atoms with van der Waals surface area (Å²) in [6, 6.07) is 7.67. The van der Waals surface area contributed by atoms with Crippen molar-refractivity contribution in [3.8, 4) is 0 Å². The second-order valence-corrected chi connectivity index (χ2v) is 6.64. The van der Waals surface area contributed by atoms with Gasteiger partial charge in [-0.2, -0.15) is 0 Å². The van der Waals surface area contributed by atoms with Gasteiger partial charge in [0, 0.05) is 22.8 Å². The number of carbonyl (C=O) groups excluding carboxylic acids is 1. The first-order valence-corrected chi connectivity index (χ1v) is 8.52. The minimum Gasteiger partial charge on any atom is -0.361 e. The number of nitrogens with zero attached hydrogens (tertiary/aromatic N) is 1. The van der Waals surface area contributed by atoms with Crippen LogP contribution in [0.3, 0.4) is 0 Å². The summed E-state index contributed by atoms with van der Waals surface area (Å²) in [4.78, 5) is 13.5. The largest absolute Gasteiger partial charge is 0.361 e. The van der Waals surface area contributed by atoms with Crippen LogP contribution in [0, 0.1) is 13.8 Å².